The average Bonchev–Trinajstić information content (AvgIpc) is 3.49. The molecule has 0 unspecified atom stereocenters. The van der Waals surface area contributed by atoms with Crippen molar-refractivity contribution in [3.8, 4) is 5.75 Å². The van der Waals surface area contributed by atoms with E-state index in [1.165, 1.54) is 0 Å². The SMILES string of the molecule is COc1ccc(CN(C(=O)CNC(=O)c2cccc(C)c2)C2CC2)cc1. The summed E-state index contributed by atoms with van der Waals surface area (Å²) >= 11 is 0. The topological polar surface area (TPSA) is 58.6 Å². The monoisotopic (exact) mass is 352 g/mol. The Bertz CT molecular complexity index is 782. The van der Waals surface area contributed by atoms with Gasteiger partial charge in [0.1, 0.15) is 5.75 Å². The van der Waals surface area contributed by atoms with E-state index in [4.69, 9.17) is 4.74 Å². The lowest BCUT2D eigenvalue weighted by molar-refractivity contribution is -0.131. The molecule has 0 aromatic heterocycles. The van der Waals surface area contributed by atoms with E-state index < -0.39 is 0 Å². The van der Waals surface area contributed by atoms with Crippen molar-refractivity contribution in [2.45, 2.75) is 32.4 Å². The Morgan fingerprint density at radius 2 is 1.88 bits per heavy atom. The Morgan fingerprint density at radius 1 is 1.15 bits per heavy atom. The van der Waals surface area contributed by atoms with Crippen LogP contribution in [0.4, 0.5) is 0 Å². The van der Waals surface area contributed by atoms with Crippen LogP contribution in [0.3, 0.4) is 0 Å². The summed E-state index contributed by atoms with van der Waals surface area (Å²) in [6.07, 6.45) is 2.04. The van der Waals surface area contributed by atoms with Gasteiger partial charge in [-0.1, -0.05) is 29.8 Å². The fraction of sp³-hybridized carbons (Fsp3) is 0.333. The van der Waals surface area contributed by atoms with E-state index in [9.17, 15) is 9.59 Å². The van der Waals surface area contributed by atoms with Crippen LogP contribution in [0.25, 0.3) is 0 Å². The van der Waals surface area contributed by atoms with Gasteiger partial charge in [-0.15, -0.1) is 0 Å². The lowest BCUT2D eigenvalue weighted by Gasteiger charge is -2.23. The van der Waals surface area contributed by atoms with Crippen LogP contribution in [0.5, 0.6) is 5.75 Å². The van der Waals surface area contributed by atoms with Crippen molar-refractivity contribution in [3.63, 3.8) is 0 Å². The fourth-order valence-corrected chi connectivity index (χ4v) is 2.88. The van der Waals surface area contributed by atoms with Gasteiger partial charge in [-0.05, 0) is 49.6 Å². The minimum absolute atomic E-state index is 0.0133. The highest BCUT2D eigenvalue weighted by atomic mass is 16.5. The summed E-state index contributed by atoms with van der Waals surface area (Å²) in [7, 11) is 1.63. The van der Waals surface area contributed by atoms with E-state index in [2.05, 4.69) is 5.32 Å². The number of nitrogens with zero attached hydrogens (tertiary/aromatic N) is 1. The molecule has 0 heterocycles. The summed E-state index contributed by atoms with van der Waals surface area (Å²) in [4.78, 5) is 26.7. The van der Waals surface area contributed by atoms with Gasteiger partial charge in [0.2, 0.25) is 5.91 Å². The Labute approximate surface area is 154 Å². The van der Waals surface area contributed by atoms with E-state index in [0.717, 1.165) is 29.7 Å². The van der Waals surface area contributed by atoms with Gasteiger partial charge in [0.25, 0.3) is 5.91 Å². The molecule has 5 nitrogen and oxygen atoms in total. The van der Waals surface area contributed by atoms with E-state index >= 15 is 0 Å². The van der Waals surface area contributed by atoms with Crippen LogP contribution >= 0.6 is 0 Å². The van der Waals surface area contributed by atoms with Crippen molar-refractivity contribution in [1.82, 2.24) is 10.2 Å². The summed E-state index contributed by atoms with van der Waals surface area (Å²) in [6.45, 7) is 2.50. The predicted octanol–water partition coefficient (Wildman–Crippen LogP) is 2.92. The van der Waals surface area contributed by atoms with E-state index in [0.29, 0.717) is 12.1 Å². The molecular formula is C21H24N2O3. The van der Waals surface area contributed by atoms with Gasteiger partial charge in [-0.3, -0.25) is 9.59 Å². The van der Waals surface area contributed by atoms with E-state index in [1.54, 1.807) is 13.2 Å². The zero-order chi connectivity index (χ0) is 18.5. The summed E-state index contributed by atoms with van der Waals surface area (Å²) < 4.78 is 5.17. The molecule has 3 rings (SSSR count). The highest BCUT2D eigenvalue weighted by molar-refractivity contribution is 5.96. The predicted molar refractivity (Wildman–Crippen MR) is 100 cm³/mol. The maximum Gasteiger partial charge on any atom is 0.251 e. The van der Waals surface area contributed by atoms with E-state index in [1.807, 2.05) is 54.3 Å². The quantitative estimate of drug-likeness (QED) is 0.833. The molecule has 1 aliphatic carbocycles. The maximum atomic E-state index is 12.6. The fourth-order valence-electron chi connectivity index (χ4n) is 2.88. The second-order valence-corrected chi connectivity index (χ2v) is 6.65. The number of carbonyl (C=O) groups excluding carboxylic acids is 2. The molecule has 0 atom stereocenters. The second kappa shape index (κ2) is 8.04. The zero-order valence-electron chi connectivity index (χ0n) is 15.2. The standard InChI is InChI=1S/C21H24N2O3/c1-15-4-3-5-17(12-15)21(25)22-13-20(24)23(18-8-9-18)14-16-6-10-19(26-2)11-7-16/h3-7,10-12,18H,8-9,13-14H2,1-2H3,(H,22,25). The first-order valence-electron chi connectivity index (χ1n) is 8.84. The molecule has 1 fully saturated rings. The number of nitrogens with one attached hydrogen (secondary N) is 1. The summed E-state index contributed by atoms with van der Waals surface area (Å²) in [5, 5.41) is 2.74. The van der Waals surface area contributed by atoms with Gasteiger partial charge in [0.15, 0.2) is 0 Å². The molecule has 1 aliphatic rings. The lowest BCUT2D eigenvalue weighted by Crippen LogP contribution is -2.41. The number of benzene rings is 2. The molecule has 5 heteroatoms. The molecule has 136 valence electrons. The number of methoxy groups -OCH3 is 1. The molecule has 2 aromatic rings. The molecule has 26 heavy (non-hydrogen) atoms. The Hall–Kier alpha value is -2.82. The third-order valence-electron chi connectivity index (χ3n) is 4.50. The summed E-state index contributed by atoms with van der Waals surface area (Å²) in [6, 6.07) is 15.3. The van der Waals surface area contributed by atoms with Gasteiger partial charge >= 0.3 is 0 Å². The largest absolute Gasteiger partial charge is 0.497 e. The van der Waals surface area contributed by atoms with Crippen LogP contribution in [-0.4, -0.2) is 36.4 Å². The molecule has 1 N–H and O–H groups in total. The molecule has 2 aromatic carbocycles. The molecule has 0 spiro atoms. The zero-order valence-corrected chi connectivity index (χ0v) is 15.2. The molecule has 0 bridgehead atoms. The molecular weight excluding hydrogens is 328 g/mol. The smallest absolute Gasteiger partial charge is 0.251 e. The summed E-state index contributed by atoms with van der Waals surface area (Å²) in [5.41, 5.74) is 2.64. The third-order valence-corrected chi connectivity index (χ3v) is 4.50. The molecule has 1 saturated carbocycles. The van der Waals surface area contributed by atoms with Crippen LogP contribution in [0.15, 0.2) is 48.5 Å². The number of carbonyl (C=O) groups is 2. The van der Waals surface area contributed by atoms with Crippen LogP contribution in [0.2, 0.25) is 0 Å². The van der Waals surface area contributed by atoms with Crippen LogP contribution in [0.1, 0.15) is 34.3 Å². The number of rotatable bonds is 7. The highest BCUT2D eigenvalue weighted by Crippen LogP contribution is 2.28. The van der Waals surface area contributed by atoms with Crippen molar-refractivity contribution in [2.24, 2.45) is 0 Å². The second-order valence-electron chi connectivity index (χ2n) is 6.65. The van der Waals surface area contributed by atoms with Crippen molar-refractivity contribution in [2.75, 3.05) is 13.7 Å². The van der Waals surface area contributed by atoms with Crippen molar-refractivity contribution >= 4 is 11.8 Å². The minimum Gasteiger partial charge on any atom is -0.497 e. The third kappa shape index (κ3) is 4.63. The Kier molecular flexibility index (Phi) is 5.56. The molecule has 0 aliphatic heterocycles. The van der Waals surface area contributed by atoms with E-state index in [-0.39, 0.29) is 24.4 Å². The average molecular weight is 352 g/mol. The number of aryl methyl sites for hydroxylation is 1. The van der Waals surface area contributed by atoms with Crippen molar-refractivity contribution in [1.29, 1.82) is 0 Å². The number of hydrogen-bond donors (Lipinski definition) is 1. The lowest BCUT2D eigenvalue weighted by atomic mass is 10.1. The first kappa shape index (κ1) is 18.0. The summed E-state index contributed by atoms with van der Waals surface area (Å²) in [5.74, 6) is 0.523. The van der Waals surface area contributed by atoms with Gasteiger partial charge in [-0.25, -0.2) is 0 Å². The Morgan fingerprint density at radius 3 is 2.50 bits per heavy atom. The highest BCUT2D eigenvalue weighted by Gasteiger charge is 2.32. The minimum atomic E-state index is -0.220. The van der Waals surface area contributed by atoms with Crippen LogP contribution in [-0.2, 0) is 11.3 Å². The van der Waals surface area contributed by atoms with Crippen molar-refractivity contribution < 1.29 is 14.3 Å². The first-order valence-corrected chi connectivity index (χ1v) is 8.84. The number of hydrogen-bond acceptors (Lipinski definition) is 3. The molecule has 0 saturated heterocycles. The first-order chi connectivity index (χ1) is 12.6. The van der Waals surface area contributed by atoms with Gasteiger partial charge in [0.05, 0.1) is 13.7 Å². The van der Waals surface area contributed by atoms with Crippen LogP contribution < -0.4 is 10.1 Å². The van der Waals surface area contributed by atoms with Gasteiger partial charge in [-0.2, -0.15) is 0 Å². The van der Waals surface area contributed by atoms with Crippen LogP contribution in [0, 0.1) is 6.92 Å². The molecule has 2 amide bonds. The van der Waals surface area contributed by atoms with Crippen molar-refractivity contribution in [3.05, 3.63) is 65.2 Å². The number of ether oxygens (including phenoxy) is 1. The van der Waals surface area contributed by atoms with Gasteiger partial charge in [0, 0.05) is 18.2 Å². The Balaban J connectivity index is 1.59. The number of amides is 2. The normalized spacial score (nSPS) is 13.2. The maximum absolute atomic E-state index is 12.6. The van der Waals surface area contributed by atoms with Gasteiger partial charge < -0.3 is 15.0 Å². The molecule has 0 radical (unpaired) electrons.